The quantitative estimate of drug-likeness (QED) is 0.854. The maximum absolute atomic E-state index is 11.2. The van der Waals surface area contributed by atoms with E-state index in [4.69, 9.17) is 17.3 Å². The minimum atomic E-state index is -0.812. The van der Waals surface area contributed by atoms with Gasteiger partial charge in [-0.2, -0.15) is 0 Å². The fraction of sp³-hybridized carbons (Fsp3) is 0.222. The summed E-state index contributed by atoms with van der Waals surface area (Å²) in [5.74, 6) is -0.493. The second-order valence-corrected chi connectivity index (χ2v) is 3.96. The molecule has 0 aromatic heterocycles. The van der Waals surface area contributed by atoms with E-state index in [1.807, 2.05) is 0 Å². The maximum Gasteiger partial charge on any atom is 0.327 e. The molecular weight excluding hydrogens is 305 g/mol. The van der Waals surface area contributed by atoms with Gasteiger partial charge < -0.3 is 10.5 Å². The normalized spacial score (nSPS) is 11.5. The molecule has 0 aliphatic rings. The molecule has 1 rings (SSSR count). The Morgan fingerprint density at radius 3 is 2.73 bits per heavy atom. The molecule has 1 aromatic rings. The predicted octanol–water partition coefficient (Wildman–Crippen LogP) is 2.70. The van der Waals surface area contributed by atoms with Crippen LogP contribution in [0.3, 0.4) is 0 Å². The van der Waals surface area contributed by atoms with Crippen molar-refractivity contribution in [1.82, 2.24) is 0 Å². The Morgan fingerprint density at radius 2 is 2.20 bits per heavy atom. The van der Waals surface area contributed by atoms with E-state index < -0.39 is 12.0 Å². The van der Waals surface area contributed by atoms with E-state index in [0.29, 0.717) is 10.6 Å². The van der Waals surface area contributed by atoms with E-state index in [-0.39, 0.29) is 12.4 Å². The second kappa shape index (κ2) is 6.33. The lowest BCUT2D eigenvalue weighted by Gasteiger charge is -2.11. The summed E-state index contributed by atoms with van der Waals surface area (Å²) in [6.07, 6.45) is 0. The molecule has 0 fully saturated rings. The number of rotatable bonds is 2. The van der Waals surface area contributed by atoms with Crippen molar-refractivity contribution in [3.8, 4) is 0 Å². The Kier molecular flexibility index (Phi) is 6.20. The summed E-state index contributed by atoms with van der Waals surface area (Å²) in [5, 5.41) is 0.530. The number of benzene rings is 1. The molecular formula is C9H10BrCl2NO2. The average Bonchev–Trinajstić information content (AvgIpc) is 2.19. The van der Waals surface area contributed by atoms with Gasteiger partial charge in [0.25, 0.3) is 0 Å². The first-order chi connectivity index (χ1) is 6.56. The molecule has 1 atom stereocenters. The Morgan fingerprint density at radius 1 is 1.60 bits per heavy atom. The third-order valence-corrected chi connectivity index (χ3v) is 2.71. The highest BCUT2D eigenvalue weighted by molar-refractivity contribution is 9.10. The largest absolute Gasteiger partial charge is 0.468 e. The van der Waals surface area contributed by atoms with E-state index in [9.17, 15) is 4.79 Å². The van der Waals surface area contributed by atoms with Gasteiger partial charge >= 0.3 is 5.97 Å². The molecule has 0 heterocycles. The van der Waals surface area contributed by atoms with E-state index in [1.165, 1.54) is 7.11 Å². The third kappa shape index (κ3) is 3.65. The molecule has 0 radical (unpaired) electrons. The van der Waals surface area contributed by atoms with Crippen molar-refractivity contribution in [2.75, 3.05) is 7.11 Å². The zero-order valence-corrected chi connectivity index (χ0v) is 11.0. The Balaban J connectivity index is 0.00000196. The van der Waals surface area contributed by atoms with E-state index >= 15 is 0 Å². The van der Waals surface area contributed by atoms with Crippen LogP contribution in [0, 0.1) is 0 Å². The molecule has 1 aromatic carbocycles. The van der Waals surface area contributed by atoms with Gasteiger partial charge in [0.15, 0.2) is 0 Å². The lowest BCUT2D eigenvalue weighted by molar-refractivity contribution is -0.142. The summed E-state index contributed by atoms with van der Waals surface area (Å²) in [6, 6.07) is 4.26. The second-order valence-electron chi connectivity index (χ2n) is 2.67. The molecule has 0 aliphatic carbocycles. The van der Waals surface area contributed by atoms with Crippen molar-refractivity contribution < 1.29 is 9.53 Å². The van der Waals surface area contributed by atoms with Gasteiger partial charge in [0, 0.05) is 9.50 Å². The number of methoxy groups -OCH3 is 1. The van der Waals surface area contributed by atoms with Crippen LogP contribution < -0.4 is 5.73 Å². The van der Waals surface area contributed by atoms with Crippen molar-refractivity contribution in [3.05, 3.63) is 33.3 Å². The topological polar surface area (TPSA) is 52.3 Å². The lowest BCUT2D eigenvalue weighted by Crippen LogP contribution is -2.22. The van der Waals surface area contributed by atoms with Gasteiger partial charge in [-0.1, -0.05) is 27.5 Å². The van der Waals surface area contributed by atoms with Crippen molar-refractivity contribution >= 4 is 45.9 Å². The van der Waals surface area contributed by atoms with Crippen LogP contribution in [-0.4, -0.2) is 13.1 Å². The van der Waals surface area contributed by atoms with Gasteiger partial charge in [-0.3, -0.25) is 4.79 Å². The maximum atomic E-state index is 11.2. The van der Waals surface area contributed by atoms with Crippen LogP contribution in [-0.2, 0) is 9.53 Å². The fourth-order valence-corrected chi connectivity index (χ4v) is 1.68. The van der Waals surface area contributed by atoms with Crippen LogP contribution in [0.15, 0.2) is 22.7 Å². The minimum absolute atomic E-state index is 0. The molecule has 15 heavy (non-hydrogen) atoms. The average molecular weight is 315 g/mol. The predicted molar refractivity (Wildman–Crippen MR) is 65.3 cm³/mol. The number of ether oxygens (including phenoxy) is 1. The number of hydrogen-bond donors (Lipinski definition) is 1. The number of esters is 1. The Labute approximate surface area is 107 Å². The molecule has 2 N–H and O–H groups in total. The number of hydrogen-bond acceptors (Lipinski definition) is 3. The summed E-state index contributed by atoms with van der Waals surface area (Å²) < 4.78 is 5.27. The van der Waals surface area contributed by atoms with E-state index in [0.717, 1.165) is 4.47 Å². The summed E-state index contributed by atoms with van der Waals surface area (Å²) in [4.78, 5) is 11.2. The zero-order chi connectivity index (χ0) is 10.7. The standard InChI is InChI=1S/C9H9BrClNO2.ClH/c1-14-9(13)8(12)6-4-5(11)2-3-7(6)10;/h2-4,8H,12H2,1H3;1H/t8-;/m1./s1. The van der Waals surface area contributed by atoms with Gasteiger partial charge in [0.1, 0.15) is 6.04 Å². The van der Waals surface area contributed by atoms with Crippen LogP contribution in [0.4, 0.5) is 0 Å². The molecule has 0 saturated carbocycles. The summed E-state index contributed by atoms with van der Waals surface area (Å²) in [6.45, 7) is 0. The molecule has 84 valence electrons. The highest BCUT2D eigenvalue weighted by atomic mass is 79.9. The number of carbonyl (C=O) groups excluding carboxylic acids is 1. The monoisotopic (exact) mass is 313 g/mol. The van der Waals surface area contributed by atoms with Gasteiger partial charge in [-0.25, -0.2) is 0 Å². The third-order valence-electron chi connectivity index (χ3n) is 1.75. The summed E-state index contributed by atoms with van der Waals surface area (Å²) in [7, 11) is 1.29. The molecule has 3 nitrogen and oxygen atoms in total. The molecule has 0 saturated heterocycles. The highest BCUT2D eigenvalue weighted by Gasteiger charge is 2.18. The lowest BCUT2D eigenvalue weighted by atomic mass is 10.1. The van der Waals surface area contributed by atoms with Crippen LogP contribution >= 0.6 is 39.9 Å². The van der Waals surface area contributed by atoms with Crippen molar-refractivity contribution in [2.24, 2.45) is 5.73 Å². The van der Waals surface area contributed by atoms with Gasteiger partial charge in [-0.05, 0) is 23.8 Å². The Bertz CT molecular complexity index is 360. The Hall–Kier alpha value is -0.290. The van der Waals surface area contributed by atoms with Crippen LogP contribution in [0.1, 0.15) is 11.6 Å². The van der Waals surface area contributed by atoms with Crippen molar-refractivity contribution in [1.29, 1.82) is 0 Å². The van der Waals surface area contributed by atoms with Gasteiger partial charge in [-0.15, -0.1) is 12.4 Å². The molecule has 0 bridgehead atoms. The molecule has 6 heteroatoms. The fourth-order valence-electron chi connectivity index (χ4n) is 1.01. The SMILES string of the molecule is COC(=O)[C@H](N)c1cc(Cl)ccc1Br.Cl. The van der Waals surface area contributed by atoms with Crippen LogP contribution in [0.5, 0.6) is 0 Å². The van der Waals surface area contributed by atoms with E-state index in [2.05, 4.69) is 20.7 Å². The zero-order valence-electron chi connectivity index (χ0n) is 7.87. The smallest absolute Gasteiger partial charge is 0.327 e. The first-order valence-corrected chi connectivity index (χ1v) is 5.01. The first-order valence-electron chi connectivity index (χ1n) is 3.84. The van der Waals surface area contributed by atoms with Gasteiger partial charge in [0.05, 0.1) is 7.11 Å². The molecule has 0 amide bonds. The van der Waals surface area contributed by atoms with Crippen molar-refractivity contribution in [2.45, 2.75) is 6.04 Å². The summed E-state index contributed by atoms with van der Waals surface area (Å²) in [5.41, 5.74) is 6.27. The molecule has 0 unspecified atom stereocenters. The summed E-state index contributed by atoms with van der Waals surface area (Å²) >= 11 is 9.06. The van der Waals surface area contributed by atoms with Crippen molar-refractivity contribution in [3.63, 3.8) is 0 Å². The number of nitrogens with two attached hydrogens (primary N) is 1. The first kappa shape index (κ1) is 14.7. The number of carbonyl (C=O) groups is 1. The van der Waals surface area contributed by atoms with E-state index in [1.54, 1.807) is 18.2 Å². The van der Waals surface area contributed by atoms with Gasteiger partial charge in [0.2, 0.25) is 0 Å². The molecule has 0 spiro atoms. The minimum Gasteiger partial charge on any atom is -0.468 e. The number of halogens is 3. The van der Waals surface area contributed by atoms with Crippen LogP contribution in [0.2, 0.25) is 5.02 Å². The molecule has 0 aliphatic heterocycles. The van der Waals surface area contributed by atoms with Crippen LogP contribution in [0.25, 0.3) is 0 Å². The highest BCUT2D eigenvalue weighted by Crippen LogP contribution is 2.26.